The molecule has 0 aromatic rings. The van der Waals surface area contributed by atoms with E-state index in [1.807, 2.05) is 0 Å². The predicted molar refractivity (Wildman–Crippen MR) is 44.8 cm³/mol. The Balaban J connectivity index is 2.51. The average Bonchev–Trinajstić information content (AvgIpc) is 1.88. The number of rotatable bonds is 1. The lowest BCUT2D eigenvalue weighted by Crippen LogP contribution is -2.16. The van der Waals surface area contributed by atoms with E-state index in [0.717, 1.165) is 5.92 Å². The molecule has 0 radical (unpaired) electrons. The Bertz CT molecular complexity index is 136. The van der Waals surface area contributed by atoms with Gasteiger partial charge in [-0.1, -0.05) is 13.0 Å². The summed E-state index contributed by atoms with van der Waals surface area (Å²) >= 11 is 0. The molecular weight excluding hydrogens is 122 g/mol. The second kappa shape index (κ2) is 3.09. The van der Waals surface area contributed by atoms with Crippen LogP contribution in [0.2, 0.25) is 0 Å². The minimum atomic E-state index is 0.891. The molecule has 1 heteroatoms. The summed E-state index contributed by atoms with van der Waals surface area (Å²) in [5, 5.41) is 0. The first kappa shape index (κ1) is 7.64. The van der Waals surface area contributed by atoms with Gasteiger partial charge in [0.05, 0.1) is 0 Å². The van der Waals surface area contributed by atoms with Crippen LogP contribution in [0.1, 0.15) is 26.2 Å². The molecule has 0 saturated heterocycles. The standard InChI is InChI=1S/C9H17N/c1-8-5-4-6-9(7-8)10(2)3/h6,8H,4-5,7H2,1-3H3. The van der Waals surface area contributed by atoms with E-state index >= 15 is 0 Å². The molecular formula is C9H17N. The topological polar surface area (TPSA) is 3.24 Å². The molecule has 0 aromatic heterocycles. The van der Waals surface area contributed by atoms with E-state index in [0.29, 0.717) is 0 Å². The van der Waals surface area contributed by atoms with Crippen molar-refractivity contribution in [2.24, 2.45) is 5.92 Å². The number of hydrogen-bond donors (Lipinski definition) is 0. The summed E-state index contributed by atoms with van der Waals surface area (Å²) in [6.45, 7) is 2.33. The first-order valence-electron chi connectivity index (χ1n) is 4.06. The highest BCUT2D eigenvalue weighted by molar-refractivity contribution is 5.03. The maximum Gasteiger partial charge on any atom is 0.00896 e. The Morgan fingerprint density at radius 1 is 1.50 bits per heavy atom. The third kappa shape index (κ3) is 1.76. The van der Waals surface area contributed by atoms with Gasteiger partial charge in [-0.3, -0.25) is 0 Å². The summed E-state index contributed by atoms with van der Waals surface area (Å²) in [5.41, 5.74) is 1.51. The molecule has 1 aliphatic carbocycles. The number of hydrogen-bond acceptors (Lipinski definition) is 1. The van der Waals surface area contributed by atoms with Crippen molar-refractivity contribution in [2.45, 2.75) is 26.2 Å². The fourth-order valence-electron chi connectivity index (χ4n) is 1.44. The lowest BCUT2D eigenvalue weighted by molar-refractivity contribution is 0.403. The highest BCUT2D eigenvalue weighted by Gasteiger charge is 2.11. The predicted octanol–water partition coefficient (Wildman–Crippen LogP) is 2.25. The van der Waals surface area contributed by atoms with Crippen molar-refractivity contribution in [2.75, 3.05) is 14.1 Å². The van der Waals surface area contributed by atoms with E-state index in [2.05, 4.69) is 32.0 Å². The molecule has 0 saturated carbocycles. The molecule has 1 nitrogen and oxygen atoms in total. The normalized spacial score (nSPS) is 25.9. The minimum absolute atomic E-state index is 0.891. The highest BCUT2D eigenvalue weighted by atomic mass is 15.1. The SMILES string of the molecule is CC1CCC=C(N(C)C)C1. The molecule has 0 heterocycles. The molecule has 1 unspecified atom stereocenters. The molecule has 1 atom stereocenters. The number of allylic oxidation sites excluding steroid dienone is 2. The Labute approximate surface area is 63.7 Å². The zero-order valence-corrected chi connectivity index (χ0v) is 7.22. The van der Waals surface area contributed by atoms with Gasteiger partial charge in [-0.2, -0.15) is 0 Å². The molecule has 0 fully saturated rings. The van der Waals surface area contributed by atoms with E-state index in [1.165, 1.54) is 25.0 Å². The third-order valence-corrected chi connectivity index (χ3v) is 2.17. The maximum absolute atomic E-state index is 2.36. The summed E-state index contributed by atoms with van der Waals surface area (Å²) in [7, 11) is 4.26. The van der Waals surface area contributed by atoms with Gasteiger partial charge in [0.15, 0.2) is 0 Å². The first-order valence-corrected chi connectivity index (χ1v) is 4.06. The summed E-state index contributed by atoms with van der Waals surface area (Å²) in [5.74, 6) is 0.891. The summed E-state index contributed by atoms with van der Waals surface area (Å²) in [4.78, 5) is 2.23. The van der Waals surface area contributed by atoms with E-state index in [9.17, 15) is 0 Å². The first-order chi connectivity index (χ1) is 4.70. The summed E-state index contributed by atoms with van der Waals surface area (Å²) in [6, 6.07) is 0. The zero-order chi connectivity index (χ0) is 7.56. The minimum Gasteiger partial charge on any atom is -0.381 e. The molecule has 0 aromatic carbocycles. The van der Waals surface area contributed by atoms with Crippen LogP contribution < -0.4 is 0 Å². The van der Waals surface area contributed by atoms with Gasteiger partial charge in [-0.05, 0) is 25.2 Å². The van der Waals surface area contributed by atoms with Crippen LogP contribution in [0.4, 0.5) is 0 Å². The van der Waals surface area contributed by atoms with Gasteiger partial charge in [0.1, 0.15) is 0 Å². The van der Waals surface area contributed by atoms with Crippen LogP contribution in [0, 0.1) is 5.92 Å². The second-order valence-corrected chi connectivity index (χ2v) is 3.48. The lowest BCUT2D eigenvalue weighted by Gasteiger charge is -2.24. The Kier molecular flexibility index (Phi) is 2.36. The molecule has 1 aliphatic rings. The van der Waals surface area contributed by atoms with Crippen LogP contribution in [0.3, 0.4) is 0 Å². The number of nitrogens with zero attached hydrogens (tertiary/aromatic N) is 1. The van der Waals surface area contributed by atoms with Crippen LogP contribution in [0.5, 0.6) is 0 Å². The lowest BCUT2D eigenvalue weighted by atomic mass is 9.94. The summed E-state index contributed by atoms with van der Waals surface area (Å²) < 4.78 is 0. The average molecular weight is 139 g/mol. The van der Waals surface area contributed by atoms with Gasteiger partial charge < -0.3 is 4.90 Å². The molecule has 0 N–H and O–H groups in total. The Hall–Kier alpha value is -0.460. The van der Waals surface area contributed by atoms with E-state index < -0.39 is 0 Å². The summed E-state index contributed by atoms with van der Waals surface area (Å²) in [6.07, 6.45) is 6.28. The molecule has 1 rings (SSSR count). The molecule has 0 spiro atoms. The zero-order valence-electron chi connectivity index (χ0n) is 7.22. The van der Waals surface area contributed by atoms with Gasteiger partial charge in [0.2, 0.25) is 0 Å². The van der Waals surface area contributed by atoms with Gasteiger partial charge in [0, 0.05) is 19.8 Å². The van der Waals surface area contributed by atoms with Crippen molar-refractivity contribution in [3.63, 3.8) is 0 Å². The van der Waals surface area contributed by atoms with Gasteiger partial charge in [-0.15, -0.1) is 0 Å². The van der Waals surface area contributed by atoms with Crippen molar-refractivity contribution in [1.82, 2.24) is 4.90 Å². The third-order valence-electron chi connectivity index (χ3n) is 2.17. The Morgan fingerprint density at radius 3 is 2.60 bits per heavy atom. The van der Waals surface area contributed by atoms with Crippen molar-refractivity contribution in [1.29, 1.82) is 0 Å². The van der Waals surface area contributed by atoms with E-state index in [-0.39, 0.29) is 0 Å². The molecule has 58 valence electrons. The van der Waals surface area contributed by atoms with Gasteiger partial charge in [0.25, 0.3) is 0 Å². The second-order valence-electron chi connectivity index (χ2n) is 3.48. The fraction of sp³-hybridized carbons (Fsp3) is 0.778. The van der Waals surface area contributed by atoms with Crippen molar-refractivity contribution >= 4 is 0 Å². The quantitative estimate of drug-likeness (QED) is 0.538. The highest BCUT2D eigenvalue weighted by Crippen LogP contribution is 2.23. The van der Waals surface area contributed by atoms with Crippen molar-refractivity contribution in [3.05, 3.63) is 11.8 Å². The van der Waals surface area contributed by atoms with Crippen LogP contribution in [-0.2, 0) is 0 Å². The molecule has 0 bridgehead atoms. The van der Waals surface area contributed by atoms with Crippen LogP contribution in [0.15, 0.2) is 11.8 Å². The maximum atomic E-state index is 2.36. The van der Waals surface area contributed by atoms with Crippen LogP contribution >= 0.6 is 0 Å². The molecule has 10 heavy (non-hydrogen) atoms. The van der Waals surface area contributed by atoms with E-state index in [4.69, 9.17) is 0 Å². The Morgan fingerprint density at radius 2 is 2.20 bits per heavy atom. The molecule has 0 aliphatic heterocycles. The smallest absolute Gasteiger partial charge is 0.00896 e. The molecule has 0 amide bonds. The largest absolute Gasteiger partial charge is 0.381 e. The monoisotopic (exact) mass is 139 g/mol. The van der Waals surface area contributed by atoms with Crippen molar-refractivity contribution < 1.29 is 0 Å². The van der Waals surface area contributed by atoms with Gasteiger partial charge >= 0.3 is 0 Å². The fourth-order valence-corrected chi connectivity index (χ4v) is 1.44. The van der Waals surface area contributed by atoms with Crippen LogP contribution in [-0.4, -0.2) is 19.0 Å². The van der Waals surface area contributed by atoms with Gasteiger partial charge in [-0.25, -0.2) is 0 Å². The van der Waals surface area contributed by atoms with E-state index in [1.54, 1.807) is 0 Å². The van der Waals surface area contributed by atoms with Crippen molar-refractivity contribution in [3.8, 4) is 0 Å². The van der Waals surface area contributed by atoms with Crippen LogP contribution in [0.25, 0.3) is 0 Å².